The molecule has 0 spiro atoms. The number of hydrogen-bond donors (Lipinski definition) is 2. The van der Waals surface area contributed by atoms with Gasteiger partial charge in [0.1, 0.15) is 5.75 Å². The van der Waals surface area contributed by atoms with Crippen LogP contribution in [-0.2, 0) is 34.8 Å². The summed E-state index contributed by atoms with van der Waals surface area (Å²) in [6, 6.07) is 14.8. The average Bonchev–Trinajstić information content (AvgIpc) is 3.06. The van der Waals surface area contributed by atoms with Crippen LogP contribution in [-0.4, -0.2) is 42.6 Å². The first-order valence-corrected chi connectivity index (χ1v) is 10.4. The lowest BCUT2D eigenvalue weighted by Gasteiger charge is -2.27. The molecule has 0 radical (unpaired) electrons. The number of sulfonamides is 1. The van der Waals surface area contributed by atoms with Crippen LogP contribution in [0, 0.1) is 0 Å². The van der Waals surface area contributed by atoms with Gasteiger partial charge in [0.2, 0.25) is 16.4 Å². The van der Waals surface area contributed by atoms with Gasteiger partial charge in [0.05, 0.1) is 18.6 Å². The first-order valence-electron chi connectivity index (χ1n) is 8.96. The van der Waals surface area contributed by atoms with Gasteiger partial charge in [0.25, 0.3) is 0 Å². The van der Waals surface area contributed by atoms with Crippen molar-refractivity contribution in [2.24, 2.45) is 7.05 Å². The number of rotatable bonds is 4. The van der Waals surface area contributed by atoms with Gasteiger partial charge in [0.15, 0.2) is 0 Å². The van der Waals surface area contributed by atoms with Crippen molar-refractivity contribution in [3.8, 4) is 5.75 Å². The van der Waals surface area contributed by atoms with Gasteiger partial charge in [-0.3, -0.25) is 10.0 Å². The van der Waals surface area contributed by atoms with Crippen LogP contribution in [0.5, 0.6) is 5.75 Å². The normalized spacial score (nSPS) is 13.9. The summed E-state index contributed by atoms with van der Waals surface area (Å²) in [7, 11) is 0.0504. The number of carbonyl (C=O) groups is 1. The smallest absolute Gasteiger partial charge is 0.243 e. The predicted octanol–water partition coefficient (Wildman–Crippen LogP) is 2.06. The number of amides is 1. The Morgan fingerprint density at radius 1 is 1.14 bits per heavy atom. The van der Waals surface area contributed by atoms with Crippen LogP contribution < -0.4 is 10.2 Å². The molecule has 1 aliphatic heterocycles. The molecule has 0 saturated heterocycles. The fraction of sp³-hybridized carbons (Fsp3) is 0.250. The zero-order valence-electron chi connectivity index (χ0n) is 16.2. The van der Waals surface area contributed by atoms with Crippen molar-refractivity contribution in [3.63, 3.8) is 0 Å². The molecule has 4 rings (SSSR count). The average molecular weight is 417 g/mol. The zero-order valence-corrected chi connectivity index (χ0v) is 17.0. The van der Waals surface area contributed by atoms with Gasteiger partial charge in [0, 0.05) is 30.2 Å². The maximum absolute atomic E-state index is 13.0. The highest BCUT2D eigenvalue weighted by Gasteiger charge is 2.31. The number of hydroxylamine groups is 1. The van der Waals surface area contributed by atoms with Crippen molar-refractivity contribution in [3.05, 3.63) is 59.8 Å². The Kier molecular flexibility index (Phi) is 6.21. The van der Waals surface area contributed by atoms with Gasteiger partial charge in [-0.15, -0.1) is 0 Å². The first kappa shape index (κ1) is 20.8. The van der Waals surface area contributed by atoms with E-state index < -0.39 is 10.0 Å². The molecule has 1 aliphatic rings. The number of nitrogens with one attached hydrogen (secondary N) is 1. The number of benzene rings is 2. The largest absolute Gasteiger partial charge is 0.497 e. The second kappa shape index (κ2) is 8.64. The SMILES string of the molecule is COc1ccc(S(=O)(=O)N2CCc3c(n(C)c4ccccc34)C2)cc1.O=CNO. The summed E-state index contributed by atoms with van der Waals surface area (Å²) in [5.41, 5.74) is 4.74. The standard InChI is InChI=1S/C19H20N2O3S.CH3NO2/c1-20-18-6-4-3-5-16(18)17-11-12-21(13-19(17)20)25(22,23)15-9-7-14(24-2)8-10-15;3-1-2-4/h3-10H,11-13H2,1-2H3;1,4H,(H,2,3). The van der Waals surface area contributed by atoms with Crippen LogP contribution >= 0.6 is 0 Å². The van der Waals surface area contributed by atoms with Crippen molar-refractivity contribution in [2.75, 3.05) is 13.7 Å². The number of aryl methyl sites for hydroxylation is 1. The van der Waals surface area contributed by atoms with E-state index in [9.17, 15) is 8.42 Å². The van der Waals surface area contributed by atoms with Crippen LogP contribution in [0.1, 0.15) is 11.3 Å². The second-order valence-corrected chi connectivity index (χ2v) is 8.45. The minimum absolute atomic E-state index is 0.181. The lowest BCUT2D eigenvalue weighted by atomic mass is 10.1. The van der Waals surface area contributed by atoms with Crippen LogP contribution in [0.2, 0.25) is 0 Å². The quantitative estimate of drug-likeness (QED) is 0.384. The molecule has 0 aliphatic carbocycles. The summed E-state index contributed by atoms with van der Waals surface area (Å²) in [6.07, 6.45) is 0.909. The molecular formula is C20H23N3O5S. The van der Waals surface area contributed by atoms with E-state index in [2.05, 4.69) is 16.7 Å². The molecular weight excluding hydrogens is 394 g/mol. The third-order valence-electron chi connectivity index (χ3n) is 5.03. The van der Waals surface area contributed by atoms with E-state index in [1.807, 2.05) is 19.2 Å². The second-order valence-electron chi connectivity index (χ2n) is 6.51. The molecule has 0 unspecified atom stereocenters. The summed E-state index contributed by atoms with van der Waals surface area (Å²) < 4.78 is 34.8. The zero-order chi connectivity index (χ0) is 21.0. The van der Waals surface area contributed by atoms with Crippen molar-refractivity contribution in [2.45, 2.75) is 17.9 Å². The minimum Gasteiger partial charge on any atom is -0.497 e. The highest BCUT2D eigenvalue weighted by Crippen LogP contribution is 2.32. The fourth-order valence-electron chi connectivity index (χ4n) is 3.59. The third-order valence-corrected chi connectivity index (χ3v) is 6.89. The molecule has 9 heteroatoms. The van der Waals surface area contributed by atoms with Gasteiger partial charge in [-0.1, -0.05) is 18.2 Å². The lowest BCUT2D eigenvalue weighted by Crippen LogP contribution is -2.36. The van der Waals surface area contributed by atoms with Crippen LogP contribution in [0.3, 0.4) is 0 Å². The van der Waals surface area contributed by atoms with Gasteiger partial charge in [-0.25, -0.2) is 13.9 Å². The van der Waals surface area contributed by atoms with Gasteiger partial charge in [-0.2, -0.15) is 4.31 Å². The number of carbonyl (C=O) groups excluding carboxylic acids is 1. The van der Waals surface area contributed by atoms with Crippen LogP contribution in [0.15, 0.2) is 53.4 Å². The molecule has 2 heterocycles. The van der Waals surface area contributed by atoms with Gasteiger partial charge in [-0.05, 0) is 42.3 Å². The molecule has 2 N–H and O–H groups in total. The molecule has 1 amide bonds. The Morgan fingerprint density at radius 3 is 2.41 bits per heavy atom. The van der Waals surface area contributed by atoms with Gasteiger partial charge >= 0.3 is 0 Å². The number of para-hydroxylation sites is 1. The molecule has 29 heavy (non-hydrogen) atoms. The fourth-order valence-corrected chi connectivity index (χ4v) is 4.99. The van der Waals surface area contributed by atoms with E-state index in [1.165, 1.54) is 16.4 Å². The van der Waals surface area contributed by atoms with E-state index in [0.29, 0.717) is 23.7 Å². The number of ether oxygens (including phenoxy) is 1. The summed E-state index contributed by atoms with van der Waals surface area (Å²) >= 11 is 0. The Labute approximate surface area is 169 Å². The molecule has 0 saturated carbocycles. The van der Waals surface area contributed by atoms with E-state index in [4.69, 9.17) is 14.7 Å². The molecule has 3 aromatic rings. The molecule has 2 aromatic carbocycles. The number of methoxy groups -OCH3 is 1. The van der Waals surface area contributed by atoms with E-state index in [1.54, 1.807) is 35.7 Å². The molecule has 8 nitrogen and oxygen atoms in total. The summed E-state index contributed by atoms with van der Waals surface area (Å²) in [6.45, 7) is 0.893. The highest BCUT2D eigenvalue weighted by atomic mass is 32.2. The maximum atomic E-state index is 13.0. The van der Waals surface area contributed by atoms with E-state index in [0.717, 1.165) is 17.6 Å². The van der Waals surface area contributed by atoms with Crippen molar-refractivity contribution in [1.82, 2.24) is 14.4 Å². The molecule has 1 aromatic heterocycles. The number of hydrogen-bond acceptors (Lipinski definition) is 5. The van der Waals surface area contributed by atoms with Crippen molar-refractivity contribution >= 4 is 27.3 Å². The molecule has 0 bridgehead atoms. The van der Waals surface area contributed by atoms with E-state index in [-0.39, 0.29) is 6.41 Å². The lowest BCUT2D eigenvalue weighted by molar-refractivity contribution is -0.116. The Hall–Kier alpha value is -2.88. The number of aromatic nitrogens is 1. The number of fused-ring (bicyclic) bond motifs is 3. The Bertz CT molecular complexity index is 1110. The topological polar surface area (TPSA) is 101 Å². The molecule has 0 atom stereocenters. The van der Waals surface area contributed by atoms with Gasteiger partial charge < -0.3 is 9.30 Å². The van der Waals surface area contributed by atoms with Crippen molar-refractivity contribution < 1.29 is 23.2 Å². The Morgan fingerprint density at radius 2 is 1.79 bits per heavy atom. The minimum atomic E-state index is -3.52. The Balaban J connectivity index is 0.000000552. The summed E-state index contributed by atoms with van der Waals surface area (Å²) in [4.78, 5) is 9.11. The van der Waals surface area contributed by atoms with Crippen LogP contribution in [0.4, 0.5) is 0 Å². The molecule has 154 valence electrons. The number of nitrogens with zero attached hydrogens (tertiary/aromatic N) is 2. The molecule has 0 fully saturated rings. The monoisotopic (exact) mass is 417 g/mol. The third kappa shape index (κ3) is 3.98. The maximum Gasteiger partial charge on any atom is 0.243 e. The summed E-state index contributed by atoms with van der Waals surface area (Å²) in [5, 5.41) is 8.48. The van der Waals surface area contributed by atoms with E-state index >= 15 is 0 Å². The summed E-state index contributed by atoms with van der Waals surface area (Å²) in [5.74, 6) is 0.647. The van der Waals surface area contributed by atoms with Crippen molar-refractivity contribution in [1.29, 1.82) is 0 Å². The van der Waals surface area contributed by atoms with Crippen LogP contribution in [0.25, 0.3) is 10.9 Å². The first-order chi connectivity index (χ1) is 13.9. The highest BCUT2D eigenvalue weighted by molar-refractivity contribution is 7.89. The predicted molar refractivity (Wildman–Crippen MR) is 108 cm³/mol.